The number of hydrogen-bond acceptors (Lipinski definition) is 4. The number of fused-ring (bicyclic) bond motifs is 2. The summed E-state index contributed by atoms with van der Waals surface area (Å²) >= 11 is 0. The van der Waals surface area contributed by atoms with Crippen molar-refractivity contribution in [1.82, 2.24) is 14.1 Å². The highest BCUT2D eigenvalue weighted by molar-refractivity contribution is 5.97. The van der Waals surface area contributed by atoms with Gasteiger partial charge in [-0.2, -0.15) is 0 Å². The van der Waals surface area contributed by atoms with Crippen molar-refractivity contribution >= 4 is 33.5 Å². The lowest BCUT2D eigenvalue weighted by Crippen LogP contribution is -2.05. The summed E-state index contributed by atoms with van der Waals surface area (Å²) in [5.41, 5.74) is 4.86. The minimum absolute atomic E-state index is 0.278. The maximum absolute atomic E-state index is 14.7. The molecule has 0 aliphatic heterocycles. The van der Waals surface area contributed by atoms with E-state index >= 15 is 0 Å². The molecule has 6 nitrogen and oxygen atoms in total. The van der Waals surface area contributed by atoms with Gasteiger partial charge < -0.3 is 18.6 Å². The van der Waals surface area contributed by atoms with Gasteiger partial charge in [0.25, 0.3) is 0 Å². The van der Waals surface area contributed by atoms with Crippen LogP contribution in [0.25, 0.3) is 39.0 Å². The highest BCUT2D eigenvalue weighted by Gasteiger charge is 2.27. The Morgan fingerprint density at radius 3 is 2.61 bits per heavy atom. The van der Waals surface area contributed by atoms with Crippen molar-refractivity contribution in [2.75, 3.05) is 14.2 Å². The van der Waals surface area contributed by atoms with Crippen LogP contribution < -0.4 is 4.74 Å². The first-order valence-corrected chi connectivity index (χ1v) is 10.9. The second-order valence-corrected chi connectivity index (χ2v) is 8.79. The van der Waals surface area contributed by atoms with Crippen LogP contribution in [0.4, 0.5) is 4.39 Å². The number of imidazole rings is 1. The van der Waals surface area contributed by atoms with Crippen LogP contribution in [0.5, 0.6) is 5.75 Å². The quantitative estimate of drug-likeness (QED) is 0.363. The van der Waals surface area contributed by atoms with Crippen molar-refractivity contribution in [3.63, 3.8) is 0 Å². The number of benzene rings is 2. The number of carbonyl (C=O) groups is 1. The molecule has 1 saturated carbocycles. The van der Waals surface area contributed by atoms with Crippen molar-refractivity contribution < 1.29 is 18.7 Å². The molecule has 0 saturated heterocycles. The summed E-state index contributed by atoms with van der Waals surface area (Å²) in [5.74, 6) is 1.13. The molecule has 7 heteroatoms. The average molecular weight is 448 g/mol. The maximum atomic E-state index is 14.7. The third-order valence-electron chi connectivity index (χ3n) is 6.39. The van der Waals surface area contributed by atoms with E-state index in [4.69, 9.17) is 14.5 Å². The zero-order valence-electron chi connectivity index (χ0n) is 19.2. The number of halogens is 1. The van der Waals surface area contributed by atoms with Crippen molar-refractivity contribution in [2.24, 2.45) is 13.0 Å². The molecule has 0 bridgehead atoms. The summed E-state index contributed by atoms with van der Waals surface area (Å²) < 4.78 is 29.4. The predicted octanol–water partition coefficient (Wildman–Crippen LogP) is 5.57. The Morgan fingerprint density at radius 2 is 1.97 bits per heavy atom. The normalized spacial score (nSPS) is 13.6. The topological polar surface area (TPSA) is 58.3 Å². The average Bonchev–Trinajstić information content (AvgIpc) is 3.47. The second-order valence-electron chi connectivity index (χ2n) is 8.79. The number of hydrogen-bond donors (Lipinski definition) is 0. The van der Waals surface area contributed by atoms with Gasteiger partial charge in [0.1, 0.15) is 17.1 Å². The van der Waals surface area contributed by atoms with Crippen LogP contribution in [0, 0.1) is 11.7 Å². The molecule has 1 aliphatic rings. The smallest absolute Gasteiger partial charge is 0.338 e. The predicted molar refractivity (Wildman–Crippen MR) is 127 cm³/mol. The lowest BCUT2D eigenvalue weighted by Gasteiger charge is -2.12. The van der Waals surface area contributed by atoms with Crippen LogP contribution in [0.3, 0.4) is 0 Å². The number of aryl methyl sites for hydroxylation is 1. The molecule has 0 amide bonds. The van der Waals surface area contributed by atoms with Crippen LogP contribution in [-0.2, 0) is 18.3 Å². The molecule has 0 unspecified atom stereocenters. The molecule has 5 rings (SSSR count). The van der Waals surface area contributed by atoms with E-state index < -0.39 is 5.97 Å². The minimum atomic E-state index is -0.451. The number of rotatable bonds is 6. The highest BCUT2D eigenvalue weighted by Crippen LogP contribution is 2.38. The van der Waals surface area contributed by atoms with Gasteiger partial charge in [-0.05, 0) is 61.6 Å². The molecule has 4 aromatic rings. The molecule has 0 atom stereocenters. The van der Waals surface area contributed by atoms with Crippen LogP contribution in [0.1, 0.15) is 35.7 Å². The molecule has 33 heavy (non-hydrogen) atoms. The molecule has 1 fully saturated rings. The van der Waals surface area contributed by atoms with E-state index in [0.717, 1.165) is 34.5 Å². The minimum Gasteiger partial charge on any atom is -0.494 e. The van der Waals surface area contributed by atoms with E-state index in [-0.39, 0.29) is 5.82 Å². The Balaban J connectivity index is 1.77. The highest BCUT2D eigenvalue weighted by atomic mass is 19.1. The molecule has 2 aromatic carbocycles. The van der Waals surface area contributed by atoms with E-state index in [1.54, 1.807) is 25.3 Å². The molecule has 2 aromatic heterocycles. The molecular weight excluding hydrogens is 421 g/mol. The van der Waals surface area contributed by atoms with Gasteiger partial charge in [0.15, 0.2) is 5.82 Å². The monoisotopic (exact) mass is 447 g/mol. The standard InChI is InChI=1S/C26H26FN3O3/c1-14(2)18-12-21-16(8-19(18)27)10-22(30(21)13-15-6-7-15)25-28-20-9-17(26(31)33-5)11-23(32-4)24(20)29(25)3/h8-12,15H,1,6-7,13H2,2-5H3. The number of ether oxygens (including phenoxy) is 2. The number of carbonyl (C=O) groups excluding carboxylic acids is 1. The van der Waals surface area contributed by atoms with Crippen LogP contribution in [-0.4, -0.2) is 34.3 Å². The lowest BCUT2D eigenvalue weighted by molar-refractivity contribution is 0.0600. The van der Waals surface area contributed by atoms with Crippen molar-refractivity contribution in [3.8, 4) is 17.3 Å². The fourth-order valence-electron chi connectivity index (χ4n) is 4.48. The summed E-state index contributed by atoms with van der Waals surface area (Å²) in [6.45, 7) is 6.59. The van der Waals surface area contributed by atoms with Crippen molar-refractivity contribution in [1.29, 1.82) is 0 Å². The van der Waals surface area contributed by atoms with E-state index in [1.165, 1.54) is 20.0 Å². The number of methoxy groups -OCH3 is 2. The largest absolute Gasteiger partial charge is 0.494 e. The van der Waals surface area contributed by atoms with E-state index in [9.17, 15) is 9.18 Å². The summed E-state index contributed by atoms with van der Waals surface area (Å²) in [6.07, 6.45) is 2.37. The van der Waals surface area contributed by atoms with Gasteiger partial charge in [0.2, 0.25) is 0 Å². The maximum Gasteiger partial charge on any atom is 0.338 e. The second kappa shape index (κ2) is 7.76. The van der Waals surface area contributed by atoms with Gasteiger partial charge in [-0.25, -0.2) is 14.2 Å². The summed E-state index contributed by atoms with van der Waals surface area (Å²) in [4.78, 5) is 17.0. The Labute approximate surface area is 191 Å². The lowest BCUT2D eigenvalue weighted by atomic mass is 10.1. The fourth-order valence-corrected chi connectivity index (χ4v) is 4.48. The zero-order valence-corrected chi connectivity index (χ0v) is 19.2. The van der Waals surface area contributed by atoms with Crippen molar-refractivity contribution in [2.45, 2.75) is 26.3 Å². The molecule has 0 spiro atoms. The first kappa shape index (κ1) is 21.2. The van der Waals surface area contributed by atoms with Gasteiger partial charge in [-0.15, -0.1) is 0 Å². The van der Waals surface area contributed by atoms with Crippen LogP contribution in [0.15, 0.2) is 36.9 Å². The number of esters is 1. The molecule has 170 valence electrons. The van der Waals surface area contributed by atoms with Gasteiger partial charge in [-0.3, -0.25) is 0 Å². The third-order valence-corrected chi connectivity index (χ3v) is 6.39. The van der Waals surface area contributed by atoms with E-state index in [2.05, 4.69) is 11.1 Å². The Morgan fingerprint density at radius 1 is 1.21 bits per heavy atom. The Hall–Kier alpha value is -3.61. The summed E-state index contributed by atoms with van der Waals surface area (Å²) in [5, 5.41) is 0.822. The molecule has 0 N–H and O–H groups in total. The van der Waals surface area contributed by atoms with Gasteiger partial charge >= 0.3 is 5.97 Å². The molecular formula is C26H26FN3O3. The summed E-state index contributed by atoms with van der Waals surface area (Å²) in [7, 11) is 4.83. The SMILES string of the molecule is C=C(C)c1cc2c(cc1F)cc(-c1nc3cc(C(=O)OC)cc(OC)c3n1C)n2CC1CC1. The first-order chi connectivity index (χ1) is 15.8. The molecule has 0 radical (unpaired) electrons. The van der Waals surface area contributed by atoms with Crippen LogP contribution >= 0.6 is 0 Å². The van der Waals surface area contributed by atoms with Crippen molar-refractivity contribution in [3.05, 3.63) is 53.9 Å². The van der Waals surface area contributed by atoms with Gasteiger partial charge in [0.05, 0.1) is 31.0 Å². The Kier molecular flexibility index (Phi) is 5.00. The number of allylic oxidation sites excluding steroid dienone is 1. The zero-order chi connectivity index (χ0) is 23.4. The first-order valence-electron chi connectivity index (χ1n) is 10.9. The molecule has 2 heterocycles. The van der Waals surface area contributed by atoms with Gasteiger partial charge in [0, 0.05) is 30.1 Å². The van der Waals surface area contributed by atoms with E-state index in [0.29, 0.717) is 33.9 Å². The third kappa shape index (κ3) is 3.48. The molecule has 1 aliphatic carbocycles. The number of aromatic nitrogens is 3. The Bertz CT molecular complexity index is 1440. The van der Waals surface area contributed by atoms with Gasteiger partial charge in [-0.1, -0.05) is 6.58 Å². The van der Waals surface area contributed by atoms with E-state index in [1.807, 2.05) is 30.7 Å². The number of nitrogens with zero attached hydrogens (tertiary/aromatic N) is 3. The fraction of sp³-hybridized carbons (Fsp3) is 0.308. The summed E-state index contributed by atoms with van der Waals surface area (Å²) in [6, 6.07) is 8.81. The van der Waals surface area contributed by atoms with Crippen LogP contribution in [0.2, 0.25) is 0 Å².